The maximum absolute atomic E-state index is 12.2. The molecule has 0 fully saturated rings. The molecule has 2 rings (SSSR count). The molecular weight excluding hydrogens is 312 g/mol. The smallest absolute Gasteiger partial charge is 0.265 e. The summed E-state index contributed by atoms with van der Waals surface area (Å²) in [6, 6.07) is 2.62. The Morgan fingerprint density at radius 3 is 2.41 bits per heavy atom. The summed E-state index contributed by atoms with van der Waals surface area (Å²) in [6.45, 7) is 0. The summed E-state index contributed by atoms with van der Waals surface area (Å²) in [5, 5.41) is 5.96. The number of nitrogens with one attached hydrogen (secondary N) is 2. The topological polar surface area (TPSA) is 136 Å². The van der Waals surface area contributed by atoms with E-state index >= 15 is 0 Å². The van der Waals surface area contributed by atoms with Crippen molar-refractivity contribution < 1.29 is 22.7 Å². The van der Waals surface area contributed by atoms with E-state index < -0.39 is 15.9 Å². The fraction of sp³-hybridized carbons (Fsp3) is 0.167. The Hall–Kier alpha value is -2.75. The molecule has 0 bridgehead atoms. The summed E-state index contributed by atoms with van der Waals surface area (Å²) in [5.74, 6) is -0.314. The number of methoxy groups -OCH3 is 2. The van der Waals surface area contributed by atoms with E-state index in [1.54, 1.807) is 0 Å². The van der Waals surface area contributed by atoms with Gasteiger partial charge in [0.1, 0.15) is 4.90 Å². The molecule has 2 aromatic rings. The van der Waals surface area contributed by atoms with Crippen molar-refractivity contribution in [1.29, 1.82) is 0 Å². The monoisotopic (exact) mass is 326 g/mol. The van der Waals surface area contributed by atoms with E-state index in [4.69, 9.17) is 15.2 Å². The van der Waals surface area contributed by atoms with E-state index in [-0.39, 0.29) is 27.6 Å². The summed E-state index contributed by atoms with van der Waals surface area (Å²) >= 11 is 0. The van der Waals surface area contributed by atoms with E-state index in [0.29, 0.717) is 0 Å². The molecule has 0 aliphatic rings. The number of carbonyl (C=O) groups is 1. The third-order valence-corrected chi connectivity index (χ3v) is 4.15. The minimum Gasteiger partial charge on any atom is -0.493 e. The van der Waals surface area contributed by atoms with Crippen LogP contribution in [0.25, 0.3) is 0 Å². The Morgan fingerprint density at radius 1 is 1.27 bits per heavy atom. The number of carbonyl (C=O) groups excluding carboxylic acids is 1. The van der Waals surface area contributed by atoms with Crippen molar-refractivity contribution in [2.45, 2.75) is 4.90 Å². The highest BCUT2D eigenvalue weighted by atomic mass is 32.2. The van der Waals surface area contributed by atoms with Gasteiger partial charge in [-0.15, -0.1) is 0 Å². The Labute approximate surface area is 126 Å². The molecule has 1 heterocycles. The largest absolute Gasteiger partial charge is 0.493 e. The lowest BCUT2D eigenvalue weighted by Gasteiger charge is -2.14. The molecule has 0 atom stereocenters. The van der Waals surface area contributed by atoms with E-state index in [1.807, 2.05) is 0 Å². The van der Waals surface area contributed by atoms with Gasteiger partial charge < -0.3 is 15.2 Å². The van der Waals surface area contributed by atoms with Crippen LogP contribution in [-0.2, 0) is 10.0 Å². The predicted octanol–water partition coefficient (Wildman–Crippen LogP) is 0.327. The average molecular weight is 326 g/mol. The van der Waals surface area contributed by atoms with Gasteiger partial charge in [-0.25, -0.2) is 8.42 Å². The van der Waals surface area contributed by atoms with E-state index in [0.717, 1.165) is 6.20 Å². The fourth-order valence-electron chi connectivity index (χ4n) is 1.76. The number of amides is 1. The summed E-state index contributed by atoms with van der Waals surface area (Å²) in [4.78, 5) is 11.4. The Morgan fingerprint density at radius 2 is 1.91 bits per heavy atom. The number of benzene rings is 1. The van der Waals surface area contributed by atoms with Gasteiger partial charge in [-0.1, -0.05) is 0 Å². The summed E-state index contributed by atoms with van der Waals surface area (Å²) < 4.78 is 36.8. The number of primary amides is 1. The molecule has 0 spiro atoms. The Bertz CT molecular complexity index is 786. The van der Waals surface area contributed by atoms with Crippen LogP contribution in [0, 0.1) is 0 Å². The number of ether oxygens (including phenoxy) is 2. The lowest BCUT2D eigenvalue weighted by molar-refractivity contribution is 0.100. The van der Waals surface area contributed by atoms with E-state index in [2.05, 4.69) is 14.9 Å². The number of rotatable bonds is 6. The lowest BCUT2D eigenvalue weighted by Crippen LogP contribution is -2.18. The number of aromatic nitrogens is 2. The molecule has 1 aromatic carbocycles. The van der Waals surface area contributed by atoms with Gasteiger partial charge in [0, 0.05) is 12.3 Å². The first-order valence-corrected chi connectivity index (χ1v) is 7.44. The normalized spacial score (nSPS) is 11.0. The molecule has 118 valence electrons. The molecule has 4 N–H and O–H groups in total. The molecular formula is C12H14N4O5S. The van der Waals surface area contributed by atoms with Crippen LogP contribution >= 0.6 is 0 Å². The van der Waals surface area contributed by atoms with Gasteiger partial charge in [0.05, 0.1) is 31.7 Å². The quantitative estimate of drug-likeness (QED) is 0.699. The molecule has 0 aliphatic carbocycles. The number of hydrogen-bond donors (Lipinski definition) is 3. The van der Waals surface area contributed by atoms with E-state index in [9.17, 15) is 13.2 Å². The van der Waals surface area contributed by atoms with Gasteiger partial charge in [0.2, 0.25) is 0 Å². The molecule has 10 heteroatoms. The summed E-state index contributed by atoms with van der Waals surface area (Å²) in [6.07, 6.45) is 2.33. The number of H-pyrrole nitrogens is 1. The molecule has 0 radical (unpaired) electrons. The zero-order valence-corrected chi connectivity index (χ0v) is 12.6. The zero-order chi connectivity index (χ0) is 16.3. The second-order valence-electron chi connectivity index (χ2n) is 4.16. The molecule has 22 heavy (non-hydrogen) atoms. The van der Waals surface area contributed by atoms with Crippen LogP contribution in [-0.4, -0.2) is 38.7 Å². The van der Waals surface area contributed by atoms with Crippen molar-refractivity contribution in [3.63, 3.8) is 0 Å². The van der Waals surface area contributed by atoms with Gasteiger partial charge in [-0.3, -0.25) is 14.6 Å². The van der Waals surface area contributed by atoms with Crippen LogP contribution in [0.4, 0.5) is 5.69 Å². The summed E-state index contributed by atoms with van der Waals surface area (Å²) in [7, 11) is -1.15. The third-order valence-electron chi connectivity index (χ3n) is 2.82. The first kappa shape index (κ1) is 15.6. The van der Waals surface area contributed by atoms with Crippen molar-refractivity contribution in [1.82, 2.24) is 10.2 Å². The van der Waals surface area contributed by atoms with Gasteiger partial charge in [-0.05, 0) is 6.07 Å². The van der Waals surface area contributed by atoms with Crippen LogP contribution in [0.3, 0.4) is 0 Å². The Kier molecular flexibility index (Phi) is 4.22. The number of hydrogen-bond acceptors (Lipinski definition) is 6. The third kappa shape index (κ3) is 2.96. The molecule has 0 saturated carbocycles. The predicted molar refractivity (Wildman–Crippen MR) is 77.5 cm³/mol. The van der Waals surface area contributed by atoms with Crippen LogP contribution in [0.5, 0.6) is 11.5 Å². The van der Waals surface area contributed by atoms with Gasteiger partial charge >= 0.3 is 0 Å². The highest BCUT2D eigenvalue weighted by Gasteiger charge is 2.21. The standard InChI is InChI=1S/C12H14N4O5S/c1-20-10-3-8(12(13)17)9(4-11(10)21-2)16-22(18,19)7-5-14-15-6-7/h3-6,16H,1-2H3,(H2,13,17)(H,14,15). The highest BCUT2D eigenvalue weighted by molar-refractivity contribution is 7.92. The number of aromatic amines is 1. The number of sulfonamides is 1. The summed E-state index contributed by atoms with van der Waals surface area (Å²) in [5.41, 5.74) is 5.21. The van der Waals surface area contributed by atoms with Crippen molar-refractivity contribution in [3.05, 3.63) is 30.1 Å². The van der Waals surface area contributed by atoms with Gasteiger partial charge in [0.15, 0.2) is 11.5 Å². The second-order valence-corrected chi connectivity index (χ2v) is 5.84. The molecule has 1 amide bonds. The molecule has 0 unspecified atom stereocenters. The van der Waals surface area contributed by atoms with E-state index in [1.165, 1.54) is 32.5 Å². The zero-order valence-electron chi connectivity index (χ0n) is 11.8. The van der Waals surface area contributed by atoms with Gasteiger partial charge in [-0.2, -0.15) is 5.10 Å². The minimum atomic E-state index is -3.92. The first-order valence-electron chi connectivity index (χ1n) is 5.96. The molecule has 0 saturated heterocycles. The average Bonchev–Trinajstić information content (AvgIpc) is 3.01. The maximum atomic E-state index is 12.2. The van der Waals surface area contributed by atoms with Crippen molar-refractivity contribution in [3.8, 4) is 11.5 Å². The Balaban J connectivity index is 2.52. The second kappa shape index (κ2) is 5.93. The molecule has 1 aromatic heterocycles. The molecule has 0 aliphatic heterocycles. The molecule has 9 nitrogen and oxygen atoms in total. The maximum Gasteiger partial charge on any atom is 0.265 e. The van der Waals surface area contributed by atoms with Crippen LogP contribution in [0.15, 0.2) is 29.4 Å². The van der Waals surface area contributed by atoms with Crippen LogP contribution in [0.1, 0.15) is 10.4 Å². The van der Waals surface area contributed by atoms with Crippen LogP contribution < -0.4 is 19.9 Å². The SMILES string of the molecule is COc1cc(NS(=O)(=O)c2cn[nH]c2)c(C(N)=O)cc1OC. The first-order chi connectivity index (χ1) is 10.4. The number of nitrogens with zero attached hydrogens (tertiary/aromatic N) is 1. The van der Waals surface area contributed by atoms with Crippen molar-refractivity contribution in [2.75, 3.05) is 18.9 Å². The van der Waals surface area contributed by atoms with Crippen molar-refractivity contribution in [2.24, 2.45) is 5.73 Å². The highest BCUT2D eigenvalue weighted by Crippen LogP contribution is 2.34. The lowest BCUT2D eigenvalue weighted by atomic mass is 10.1. The van der Waals surface area contributed by atoms with Gasteiger partial charge in [0.25, 0.3) is 15.9 Å². The minimum absolute atomic E-state index is 0.0219. The van der Waals surface area contributed by atoms with Crippen LogP contribution in [0.2, 0.25) is 0 Å². The fourth-order valence-corrected chi connectivity index (χ4v) is 2.73. The number of anilines is 1. The van der Waals surface area contributed by atoms with Crippen molar-refractivity contribution >= 4 is 21.6 Å². The number of nitrogens with two attached hydrogens (primary N) is 1.